The number of pyridine rings is 1. The van der Waals surface area contributed by atoms with Gasteiger partial charge in [0, 0.05) is 41.6 Å². The lowest BCUT2D eigenvalue weighted by molar-refractivity contribution is -0.275. The second kappa shape index (κ2) is 10.5. The molecule has 0 aliphatic carbocycles. The Balaban J connectivity index is 1.26. The molecular weight excluding hydrogens is 543 g/mol. The van der Waals surface area contributed by atoms with Crippen LogP contribution in [0.5, 0.6) is 5.75 Å². The van der Waals surface area contributed by atoms with E-state index in [1.165, 1.54) is 30.5 Å². The number of piperidine rings is 1. The third-order valence-electron chi connectivity index (χ3n) is 6.94. The molecule has 5 rings (SSSR count). The number of nitrogens with zero attached hydrogens (tertiary/aromatic N) is 2. The van der Waals surface area contributed by atoms with Crippen LogP contribution in [0, 0.1) is 0 Å². The molecule has 40 heavy (non-hydrogen) atoms. The summed E-state index contributed by atoms with van der Waals surface area (Å²) >= 11 is 0. The van der Waals surface area contributed by atoms with Crippen molar-refractivity contribution in [3.8, 4) is 5.75 Å². The summed E-state index contributed by atoms with van der Waals surface area (Å²) in [6, 6.07) is 20.8. The zero-order valence-electron chi connectivity index (χ0n) is 21.2. The Hall–Kier alpha value is -4.09. The predicted octanol–water partition coefficient (Wildman–Crippen LogP) is 5.89. The number of likely N-dealkylation sites (tertiary alicyclic amines) is 1. The van der Waals surface area contributed by atoms with Crippen molar-refractivity contribution in [1.82, 2.24) is 9.88 Å². The van der Waals surface area contributed by atoms with E-state index in [1.807, 2.05) is 4.90 Å². The molecule has 1 aliphatic rings. The standard InChI is InChI=1S/C29H26F3N3O4S/c1-20(35-18-15-28(36,16-19-35)24-8-2-3-9-25(24)39-29(30,31)32)21-11-13-23(14-12-21)34-40(37,38)26-10-4-6-22-7-5-17-33-27(22)26/h2-14,17,34,36H,1,15-16,18-19H2. The minimum atomic E-state index is -4.87. The van der Waals surface area contributed by atoms with Crippen LogP contribution in [0.1, 0.15) is 24.0 Å². The van der Waals surface area contributed by atoms with Gasteiger partial charge in [-0.25, -0.2) is 8.42 Å². The summed E-state index contributed by atoms with van der Waals surface area (Å²) in [6.07, 6.45) is -2.99. The molecule has 7 nitrogen and oxygen atoms in total. The molecule has 0 atom stereocenters. The van der Waals surface area contributed by atoms with Crippen LogP contribution < -0.4 is 9.46 Å². The fourth-order valence-corrected chi connectivity index (χ4v) is 6.14. The van der Waals surface area contributed by atoms with E-state index in [9.17, 15) is 26.7 Å². The monoisotopic (exact) mass is 569 g/mol. The zero-order valence-corrected chi connectivity index (χ0v) is 22.0. The molecule has 208 valence electrons. The molecule has 1 saturated heterocycles. The van der Waals surface area contributed by atoms with Gasteiger partial charge in [-0.15, -0.1) is 13.2 Å². The van der Waals surface area contributed by atoms with Crippen LogP contribution in [0.4, 0.5) is 18.9 Å². The minimum Gasteiger partial charge on any atom is -0.405 e. The van der Waals surface area contributed by atoms with E-state index in [0.29, 0.717) is 35.4 Å². The Morgan fingerprint density at radius 3 is 2.35 bits per heavy atom. The van der Waals surface area contributed by atoms with Crippen molar-refractivity contribution < 1.29 is 31.4 Å². The van der Waals surface area contributed by atoms with E-state index in [1.54, 1.807) is 54.6 Å². The summed E-state index contributed by atoms with van der Waals surface area (Å²) in [5.74, 6) is -0.415. The number of ether oxygens (including phenoxy) is 1. The number of fused-ring (bicyclic) bond motifs is 1. The topological polar surface area (TPSA) is 91.8 Å². The molecule has 1 aromatic heterocycles. The molecule has 0 spiro atoms. The Morgan fingerprint density at radius 1 is 0.975 bits per heavy atom. The van der Waals surface area contributed by atoms with Crippen LogP contribution in [0.15, 0.2) is 96.5 Å². The summed E-state index contributed by atoms with van der Waals surface area (Å²) in [7, 11) is -3.90. The van der Waals surface area contributed by atoms with E-state index in [2.05, 4.69) is 21.0 Å². The molecule has 2 heterocycles. The molecule has 0 unspecified atom stereocenters. The Kier molecular flexibility index (Phi) is 7.19. The van der Waals surface area contributed by atoms with Gasteiger partial charge in [0.05, 0.1) is 11.1 Å². The van der Waals surface area contributed by atoms with Gasteiger partial charge < -0.3 is 14.7 Å². The van der Waals surface area contributed by atoms with Gasteiger partial charge in [-0.2, -0.15) is 0 Å². The molecule has 1 aliphatic heterocycles. The summed E-state index contributed by atoms with van der Waals surface area (Å²) in [6.45, 7) is 4.84. The largest absolute Gasteiger partial charge is 0.573 e. The smallest absolute Gasteiger partial charge is 0.405 e. The molecule has 3 aromatic carbocycles. The number of benzene rings is 3. The van der Waals surface area contributed by atoms with Gasteiger partial charge in [-0.1, -0.05) is 55.1 Å². The first-order valence-electron chi connectivity index (χ1n) is 12.4. The van der Waals surface area contributed by atoms with Crippen LogP contribution in [0.3, 0.4) is 0 Å². The van der Waals surface area contributed by atoms with Crippen molar-refractivity contribution in [3.63, 3.8) is 0 Å². The Morgan fingerprint density at radius 2 is 1.65 bits per heavy atom. The van der Waals surface area contributed by atoms with Crippen molar-refractivity contribution in [3.05, 3.63) is 103 Å². The Labute approximate surface area is 229 Å². The van der Waals surface area contributed by atoms with Crippen molar-refractivity contribution in [2.45, 2.75) is 29.7 Å². The van der Waals surface area contributed by atoms with Crippen molar-refractivity contribution >= 4 is 32.3 Å². The number of halogens is 3. The van der Waals surface area contributed by atoms with Crippen molar-refractivity contribution in [2.24, 2.45) is 0 Å². The first-order valence-corrected chi connectivity index (χ1v) is 13.9. The third kappa shape index (κ3) is 5.75. The summed E-state index contributed by atoms with van der Waals surface area (Å²) in [4.78, 5) is 6.22. The summed E-state index contributed by atoms with van der Waals surface area (Å²) < 4.78 is 71.5. The van der Waals surface area contributed by atoms with Crippen LogP contribution in [0.2, 0.25) is 0 Å². The first-order chi connectivity index (χ1) is 19.0. The zero-order chi connectivity index (χ0) is 28.5. The van der Waals surface area contributed by atoms with Crippen LogP contribution >= 0.6 is 0 Å². The average molecular weight is 570 g/mol. The minimum absolute atomic E-state index is 0.0714. The van der Waals surface area contributed by atoms with Crippen LogP contribution in [0.25, 0.3) is 16.6 Å². The van der Waals surface area contributed by atoms with Crippen molar-refractivity contribution in [1.29, 1.82) is 0 Å². The van der Waals surface area contributed by atoms with E-state index >= 15 is 0 Å². The lowest BCUT2D eigenvalue weighted by atomic mass is 9.83. The van der Waals surface area contributed by atoms with E-state index < -0.39 is 27.7 Å². The number of para-hydroxylation sites is 2. The van der Waals surface area contributed by atoms with Gasteiger partial charge in [0.1, 0.15) is 10.6 Å². The lowest BCUT2D eigenvalue weighted by Gasteiger charge is -2.40. The molecule has 11 heteroatoms. The second-order valence-corrected chi connectivity index (χ2v) is 11.2. The molecule has 0 radical (unpaired) electrons. The molecule has 4 aromatic rings. The van der Waals surface area contributed by atoms with Gasteiger partial charge in [0.25, 0.3) is 10.0 Å². The molecule has 0 saturated carbocycles. The number of anilines is 1. The van der Waals surface area contributed by atoms with Crippen LogP contribution in [-0.4, -0.2) is 42.9 Å². The maximum atomic E-state index is 13.1. The predicted molar refractivity (Wildman–Crippen MR) is 146 cm³/mol. The number of aromatic nitrogens is 1. The highest BCUT2D eigenvalue weighted by Gasteiger charge is 2.39. The van der Waals surface area contributed by atoms with Crippen LogP contribution in [-0.2, 0) is 15.6 Å². The molecule has 0 bridgehead atoms. The molecule has 2 N–H and O–H groups in total. The third-order valence-corrected chi connectivity index (χ3v) is 8.35. The molecule has 1 fully saturated rings. The number of nitrogens with one attached hydrogen (secondary N) is 1. The number of rotatable bonds is 7. The molecular formula is C29H26F3N3O4S. The maximum absolute atomic E-state index is 13.1. The lowest BCUT2D eigenvalue weighted by Crippen LogP contribution is -2.42. The maximum Gasteiger partial charge on any atom is 0.573 e. The second-order valence-electron chi connectivity index (χ2n) is 9.52. The van der Waals surface area contributed by atoms with Gasteiger partial charge in [0.15, 0.2) is 0 Å². The number of sulfonamides is 1. The normalized spacial score (nSPS) is 15.6. The van der Waals surface area contributed by atoms with E-state index in [0.717, 1.165) is 5.56 Å². The first kappa shape index (κ1) is 27.5. The fraction of sp³-hybridized carbons (Fsp3) is 0.207. The van der Waals surface area contributed by atoms with E-state index in [4.69, 9.17) is 0 Å². The number of alkyl halides is 3. The van der Waals surface area contributed by atoms with E-state index in [-0.39, 0.29) is 23.3 Å². The van der Waals surface area contributed by atoms with Gasteiger partial charge in [-0.05, 0) is 48.7 Å². The number of aliphatic hydroxyl groups is 1. The highest BCUT2D eigenvalue weighted by atomic mass is 32.2. The molecule has 0 amide bonds. The Bertz CT molecular complexity index is 1640. The quantitative estimate of drug-likeness (QED) is 0.289. The van der Waals surface area contributed by atoms with Gasteiger partial charge >= 0.3 is 6.36 Å². The number of hydrogen-bond acceptors (Lipinski definition) is 6. The average Bonchev–Trinajstić information content (AvgIpc) is 2.92. The highest BCUT2D eigenvalue weighted by Crippen LogP contribution is 2.41. The fourth-order valence-electron chi connectivity index (χ4n) is 4.90. The SMILES string of the molecule is C=C(c1ccc(NS(=O)(=O)c2cccc3cccnc23)cc1)N1CCC(O)(c2ccccc2OC(F)(F)F)CC1. The highest BCUT2D eigenvalue weighted by molar-refractivity contribution is 7.93. The summed E-state index contributed by atoms with van der Waals surface area (Å²) in [5.41, 5.74) is 0.724. The number of hydrogen-bond donors (Lipinski definition) is 2. The summed E-state index contributed by atoms with van der Waals surface area (Å²) in [5, 5.41) is 11.9. The van der Waals surface area contributed by atoms with Gasteiger partial charge in [-0.3, -0.25) is 9.71 Å². The van der Waals surface area contributed by atoms with Crippen molar-refractivity contribution in [2.75, 3.05) is 17.8 Å². The van der Waals surface area contributed by atoms with Gasteiger partial charge in [0.2, 0.25) is 0 Å².